The van der Waals surface area contributed by atoms with E-state index in [0.717, 1.165) is 6.42 Å². The van der Waals surface area contributed by atoms with Crippen molar-refractivity contribution in [3.8, 4) is 0 Å². The van der Waals surface area contributed by atoms with E-state index in [4.69, 9.17) is 4.43 Å². The van der Waals surface area contributed by atoms with Gasteiger partial charge in [0.2, 0.25) is 0 Å². The molecule has 0 bridgehead atoms. The van der Waals surface area contributed by atoms with E-state index in [9.17, 15) is 4.79 Å². The molecule has 0 spiro atoms. The van der Waals surface area contributed by atoms with Gasteiger partial charge in [-0.1, -0.05) is 64.6 Å². The normalized spacial score (nSPS) is 13.7. The summed E-state index contributed by atoms with van der Waals surface area (Å²) in [5, 5.41) is 0.193. The third kappa shape index (κ3) is 6.07. The van der Waals surface area contributed by atoms with Crippen molar-refractivity contribution in [1.29, 1.82) is 0 Å². The van der Waals surface area contributed by atoms with E-state index in [1.165, 1.54) is 5.56 Å². The van der Waals surface area contributed by atoms with Crippen LogP contribution in [0.15, 0.2) is 42.5 Å². The van der Waals surface area contributed by atoms with Crippen LogP contribution < -0.4 is 0 Å². The SMILES string of the molecule is C=C(CCO[Si](C)(C)C(C)(C)C)C(=O)[C@H](C)Cc1ccccc1. The van der Waals surface area contributed by atoms with E-state index in [1.54, 1.807) is 0 Å². The van der Waals surface area contributed by atoms with Crippen molar-refractivity contribution in [2.45, 2.75) is 58.7 Å². The third-order valence-electron chi connectivity index (χ3n) is 4.85. The molecule has 2 nitrogen and oxygen atoms in total. The molecular formula is C20H32O2Si. The Hall–Kier alpha value is -1.19. The summed E-state index contributed by atoms with van der Waals surface area (Å²) < 4.78 is 6.14. The van der Waals surface area contributed by atoms with Gasteiger partial charge in [0.1, 0.15) is 0 Å². The second-order valence-electron chi connectivity index (χ2n) is 7.92. The summed E-state index contributed by atoms with van der Waals surface area (Å²) >= 11 is 0. The van der Waals surface area contributed by atoms with Crippen LogP contribution in [-0.2, 0) is 15.6 Å². The average molecular weight is 333 g/mol. The topological polar surface area (TPSA) is 26.3 Å². The van der Waals surface area contributed by atoms with Crippen LogP contribution in [0.1, 0.15) is 39.7 Å². The van der Waals surface area contributed by atoms with Gasteiger partial charge in [0.25, 0.3) is 0 Å². The van der Waals surface area contributed by atoms with Crippen molar-refractivity contribution in [1.82, 2.24) is 0 Å². The van der Waals surface area contributed by atoms with Crippen LogP contribution in [0.4, 0.5) is 0 Å². The highest BCUT2D eigenvalue weighted by atomic mass is 28.4. The number of hydrogen-bond donors (Lipinski definition) is 0. The molecule has 1 rings (SSSR count). The summed E-state index contributed by atoms with van der Waals surface area (Å²) in [6.07, 6.45) is 1.40. The van der Waals surface area contributed by atoms with Gasteiger partial charge in [-0.3, -0.25) is 4.79 Å². The van der Waals surface area contributed by atoms with Gasteiger partial charge in [-0.05, 0) is 42.1 Å². The van der Waals surface area contributed by atoms with Gasteiger partial charge < -0.3 is 4.43 Å². The molecule has 0 unspecified atom stereocenters. The fraction of sp³-hybridized carbons (Fsp3) is 0.550. The first-order chi connectivity index (χ1) is 10.5. The molecule has 0 aliphatic heterocycles. The lowest BCUT2D eigenvalue weighted by atomic mass is 9.92. The fourth-order valence-electron chi connectivity index (χ4n) is 2.18. The predicted molar refractivity (Wildman–Crippen MR) is 101 cm³/mol. The first kappa shape index (κ1) is 19.9. The minimum atomic E-state index is -1.75. The molecule has 1 aromatic rings. The molecule has 0 N–H and O–H groups in total. The Kier molecular flexibility index (Phi) is 6.96. The van der Waals surface area contributed by atoms with Gasteiger partial charge in [-0.25, -0.2) is 0 Å². The molecule has 3 heteroatoms. The molecular weight excluding hydrogens is 300 g/mol. The van der Waals surface area contributed by atoms with Crippen molar-refractivity contribution in [2.24, 2.45) is 5.92 Å². The quantitative estimate of drug-likeness (QED) is 0.470. The third-order valence-corrected chi connectivity index (χ3v) is 9.39. The highest BCUT2D eigenvalue weighted by Gasteiger charge is 2.37. The van der Waals surface area contributed by atoms with Crippen LogP contribution >= 0.6 is 0 Å². The molecule has 0 saturated heterocycles. The average Bonchev–Trinajstić information content (AvgIpc) is 2.46. The zero-order chi connectivity index (χ0) is 17.7. The van der Waals surface area contributed by atoms with Crippen molar-refractivity contribution in [3.05, 3.63) is 48.0 Å². The Morgan fingerprint density at radius 1 is 1.22 bits per heavy atom. The Bertz CT molecular complexity index is 526. The second-order valence-corrected chi connectivity index (χ2v) is 12.7. The minimum absolute atomic E-state index is 0.0298. The Balaban J connectivity index is 2.47. The molecule has 1 aromatic carbocycles. The largest absolute Gasteiger partial charge is 0.416 e. The van der Waals surface area contributed by atoms with Crippen molar-refractivity contribution in [2.75, 3.05) is 6.61 Å². The highest BCUT2D eigenvalue weighted by molar-refractivity contribution is 6.74. The Morgan fingerprint density at radius 2 is 1.78 bits per heavy atom. The molecule has 0 heterocycles. The summed E-state index contributed by atoms with van der Waals surface area (Å²) in [6, 6.07) is 10.1. The maximum absolute atomic E-state index is 12.5. The maximum atomic E-state index is 12.5. The van der Waals surface area contributed by atoms with Gasteiger partial charge in [0.15, 0.2) is 14.1 Å². The number of carbonyl (C=O) groups is 1. The van der Waals surface area contributed by atoms with E-state index in [2.05, 4.69) is 52.6 Å². The van der Waals surface area contributed by atoms with E-state index in [1.807, 2.05) is 25.1 Å². The number of hydrogen-bond acceptors (Lipinski definition) is 2. The van der Waals surface area contributed by atoms with Crippen LogP contribution in [-0.4, -0.2) is 20.7 Å². The van der Waals surface area contributed by atoms with Crippen LogP contribution in [0.3, 0.4) is 0 Å². The number of ketones is 1. The van der Waals surface area contributed by atoms with Crippen LogP contribution in [0, 0.1) is 5.92 Å². The molecule has 0 saturated carbocycles. The molecule has 0 aliphatic rings. The van der Waals surface area contributed by atoms with E-state index < -0.39 is 8.32 Å². The van der Waals surface area contributed by atoms with E-state index in [-0.39, 0.29) is 16.7 Å². The molecule has 0 amide bonds. The number of rotatable bonds is 8. The zero-order valence-corrected chi connectivity index (χ0v) is 16.6. The van der Waals surface area contributed by atoms with Gasteiger partial charge >= 0.3 is 0 Å². The van der Waals surface area contributed by atoms with Crippen LogP contribution in [0.2, 0.25) is 18.1 Å². The lowest BCUT2D eigenvalue weighted by Crippen LogP contribution is -2.41. The van der Waals surface area contributed by atoms with E-state index in [0.29, 0.717) is 18.6 Å². The summed E-state index contributed by atoms with van der Waals surface area (Å²) in [5.41, 5.74) is 1.88. The monoisotopic (exact) mass is 332 g/mol. The molecule has 128 valence electrons. The second kappa shape index (κ2) is 8.07. The van der Waals surface area contributed by atoms with Gasteiger partial charge in [0.05, 0.1) is 0 Å². The standard InChI is InChI=1S/C20H32O2Si/c1-16(13-14-22-23(6,7)20(3,4)5)19(21)17(2)15-18-11-9-8-10-12-18/h8-12,17H,1,13-15H2,2-7H3/t17-/m1/s1. The first-order valence-electron chi connectivity index (χ1n) is 8.44. The maximum Gasteiger partial charge on any atom is 0.191 e. The molecule has 0 fully saturated rings. The highest BCUT2D eigenvalue weighted by Crippen LogP contribution is 2.36. The number of carbonyl (C=O) groups excluding carboxylic acids is 1. The van der Waals surface area contributed by atoms with Crippen molar-refractivity contribution < 1.29 is 9.22 Å². The van der Waals surface area contributed by atoms with Gasteiger partial charge in [-0.2, -0.15) is 0 Å². The number of Topliss-reactive ketones (excluding diaryl/α,β-unsaturated/α-hetero) is 1. The summed E-state index contributed by atoms with van der Waals surface area (Å²) in [4.78, 5) is 12.5. The molecule has 0 radical (unpaired) electrons. The smallest absolute Gasteiger partial charge is 0.191 e. The van der Waals surface area contributed by atoms with Gasteiger partial charge in [0, 0.05) is 12.5 Å². The molecule has 0 aromatic heterocycles. The minimum Gasteiger partial charge on any atom is -0.416 e. The van der Waals surface area contributed by atoms with Crippen molar-refractivity contribution >= 4 is 14.1 Å². The predicted octanol–water partition coefficient (Wildman–Crippen LogP) is 5.40. The van der Waals surface area contributed by atoms with Crippen LogP contribution in [0.5, 0.6) is 0 Å². The lowest BCUT2D eigenvalue weighted by Gasteiger charge is -2.36. The fourth-order valence-corrected chi connectivity index (χ4v) is 3.22. The molecule has 0 aliphatic carbocycles. The molecule has 1 atom stereocenters. The molecule has 23 heavy (non-hydrogen) atoms. The summed E-state index contributed by atoms with van der Waals surface area (Å²) in [6.45, 7) is 17.7. The van der Waals surface area contributed by atoms with Gasteiger partial charge in [-0.15, -0.1) is 0 Å². The van der Waals surface area contributed by atoms with Crippen LogP contribution in [0.25, 0.3) is 0 Å². The summed E-state index contributed by atoms with van der Waals surface area (Å²) in [5.74, 6) is 0.130. The first-order valence-corrected chi connectivity index (χ1v) is 11.4. The van der Waals surface area contributed by atoms with E-state index >= 15 is 0 Å². The lowest BCUT2D eigenvalue weighted by molar-refractivity contribution is -0.118. The Morgan fingerprint density at radius 3 is 2.30 bits per heavy atom. The zero-order valence-electron chi connectivity index (χ0n) is 15.6. The van der Waals surface area contributed by atoms with Crippen molar-refractivity contribution in [3.63, 3.8) is 0 Å². The number of benzene rings is 1. The Labute approximate surface area is 143 Å². The summed E-state index contributed by atoms with van der Waals surface area (Å²) in [7, 11) is -1.75.